The van der Waals surface area contributed by atoms with Crippen molar-refractivity contribution in [3.05, 3.63) is 59.4 Å². The van der Waals surface area contributed by atoms with Crippen LogP contribution in [-0.2, 0) is 33.9 Å². The summed E-state index contributed by atoms with van der Waals surface area (Å²) in [6, 6.07) is 12.4. The van der Waals surface area contributed by atoms with Crippen molar-refractivity contribution in [2.24, 2.45) is 5.73 Å². The molecule has 3 rings (SSSR count). The van der Waals surface area contributed by atoms with E-state index in [1.54, 1.807) is 26.8 Å². The third-order valence-electron chi connectivity index (χ3n) is 6.08. The lowest BCUT2D eigenvalue weighted by Gasteiger charge is -2.36. The molecular weight excluding hydrogens is 512 g/mol. The zero-order valence-electron chi connectivity index (χ0n) is 20.8. The van der Waals surface area contributed by atoms with E-state index in [0.717, 1.165) is 11.3 Å². The van der Waals surface area contributed by atoms with E-state index in [9.17, 15) is 29.7 Å². The number of aliphatic carboxylic acids is 3. The van der Waals surface area contributed by atoms with Gasteiger partial charge in [0.15, 0.2) is 5.11 Å². The van der Waals surface area contributed by atoms with Gasteiger partial charge >= 0.3 is 17.9 Å². The highest BCUT2D eigenvalue weighted by molar-refractivity contribution is 7.80. The highest BCUT2D eigenvalue weighted by Crippen LogP contribution is 2.18. The minimum atomic E-state index is -1.02. The van der Waals surface area contributed by atoms with Gasteiger partial charge in [-0.05, 0) is 48.5 Å². The Bertz CT molecular complexity index is 1150. The summed E-state index contributed by atoms with van der Waals surface area (Å²) < 4.78 is 0. The minimum Gasteiger partial charge on any atom is -0.480 e. The van der Waals surface area contributed by atoms with Crippen LogP contribution >= 0.6 is 12.2 Å². The van der Waals surface area contributed by atoms with E-state index in [4.69, 9.17) is 18.0 Å². The second-order valence-corrected chi connectivity index (χ2v) is 9.64. The average Bonchev–Trinajstić information content (AvgIpc) is 2.81. The molecule has 2 bridgehead atoms. The van der Waals surface area contributed by atoms with Gasteiger partial charge in [0, 0.05) is 44.5 Å². The quantitative estimate of drug-likeness (QED) is 0.277. The Morgan fingerprint density at radius 2 is 1.47 bits per heavy atom. The first-order chi connectivity index (χ1) is 18.1. The number of carboxylic acid groups (broad SMARTS) is 3. The number of pyridine rings is 1. The molecule has 6 N–H and O–H groups in total. The summed E-state index contributed by atoms with van der Waals surface area (Å²) >= 11 is 4.88. The third-order valence-corrected chi connectivity index (χ3v) is 6.18. The van der Waals surface area contributed by atoms with Gasteiger partial charge in [-0.15, -0.1) is 0 Å². The maximum atomic E-state index is 11.9. The fraction of sp³-hybridized carbons (Fsp3) is 0.400. The smallest absolute Gasteiger partial charge is 0.317 e. The van der Waals surface area contributed by atoms with E-state index in [-0.39, 0.29) is 57.0 Å². The predicted octanol–water partition coefficient (Wildman–Crippen LogP) is 0.522. The van der Waals surface area contributed by atoms with E-state index >= 15 is 0 Å². The van der Waals surface area contributed by atoms with Gasteiger partial charge in [-0.2, -0.15) is 0 Å². The van der Waals surface area contributed by atoms with E-state index < -0.39 is 17.9 Å². The first kappa shape index (κ1) is 28.9. The lowest BCUT2D eigenvalue weighted by Crippen LogP contribution is -2.50. The van der Waals surface area contributed by atoms with E-state index in [2.05, 4.69) is 10.3 Å². The number of carboxylic acids is 3. The number of hydrogen-bond acceptors (Lipinski definition) is 8. The number of carbonyl (C=O) groups is 3. The molecule has 12 nitrogen and oxygen atoms in total. The summed E-state index contributed by atoms with van der Waals surface area (Å²) in [5.41, 5.74) is 8.47. The number of nitrogens with one attached hydrogen (secondary N) is 1. The molecule has 2 heterocycles. The van der Waals surface area contributed by atoms with Crippen LogP contribution in [0.1, 0.15) is 17.0 Å². The third kappa shape index (κ3) is 9.67. The first-order valence-corrected chi connectivity index (χ1v) is 12.4. The van der Waals surface area contributed by atoms with Gasteiger partial charge in [-0.25, -0.2) is 0 Å². The Balaban J connectivity index is 1.97. The summed E-state index contributed by atoms with van der Waals surface area (Å²) in [6.45, 7) is 0.606. The van der Waals surface area contributed by atoms with Crippen LogP contribution in [0.5, 0.6) is 0 Å². The summed E-state index contributed by atoms with van der Waals surface area (Å²) in [5.74, 6) is -3.02. The molecule has 13 heteroatoms. The Morgan fingerprint density at radius 3 is 2.08 bits per heavy atom. The van der Waals surface area contributed by atoms with Crippen LogP contribution in [-0.4, -0.2) is 103 Å². The molecule has 1 aliphatic rings. The number of rotatable bonds is 9. The van der Waals surface area contributed by atoms with E-state index in [0.29, 0.717) is 24.4 Å². The molecule has 0 amide bonds. The topological polar surface area (TPSA) is 173 Å². The Morgan fingerprint density at radius 1 is 0.895 bits per heavy atom. The highest BCUT2D eigenvalue weighted by Gasteiger charge is 2.27. The van der Waals surface area contributed by atoms with E-state index in [1.165, 1.54) is 0 Å². The number of benzene rings is 1. The van der Waals surface area contributed by atoms with Crippen molar-refractivity contribution >= 4 is 40.9 Å². The molecule has 1 aromatic carbocycles. The molecule has 0 saturated carbocycles. The number of fused-ring (bicyclic) bond motifs is 2. The van der Waals surface area contributed by atoms with Crippen LogP contribution in [0, 0.1) is 0 Å². The number of hydrogen-bond donors (Lipinski definition) is 5. The molecule has 0 saturated heterocycles. The Labute approximate surface area is 225 Å². The molecule has 0 aliphatic carbocycles. The average molecular weight is 545 g/mol. The van der Waals surface area contributed by atoms with Gasteiger partial charge in [0.2, 0.25) is 0 Å². The van der Waals surface area contributed by atoms with Gasteiger partial charge < -0.3 is 26.4 Å². The van der Waals surface area contributed by atoms with Crippen molar-refractivity contribution in [1.29, 1.82) is 0 Å². The number of nitrogens with zero attached hydrogens (tertiary/aromatic N) is 4. The maximum absolute atomic E-state index is 11.9. The van der Waals surface area contributed by atoms with Gasteiger partial charge in [-0.3, -0.25) is 34.1 Å². The molecule has 1 aliphatic heterocycles. The van der Waals surface area contributed by atoms with Crippen LogP contribution in [0.3, 0.4) is 0 Å². The minimum absolute atomic E-state index is 0.140. The maximum Gasteiger partial charge on any atom is 0.317 e. The number of thiocarbonyl (C=S) groups is 1. The number of aromatic nitrogens is 1. The number of anilines is 1. The van der Waals surface area contributed by atoms with Gasteiger partial charge in [-0.1, -0.05) is 18.2 Å². The molecule has 1 unspecified atom stereocenters. The standard InChI is InChI=1S/C25H32N6O6S/c26-25(38)28-18-6-4-17(5-7-18)10-21-13-30(15-23(34)35)9-8-29(14-22(32)33)11-19-2-1-3-20(27-19)12-31(21)16-24(36)37/h1-7,21H,8-16H2,(H,32,33)(H,34,35)(H,36,37)(H3,26,28,38). The van der Waals surface area contributed by atoms with E-state index in [1.807, 2.05) is 30.3 Å². The van der Waals surface area contributed by atoms with Crippen molar-refractivity contribution in [2.45, 2.75) is 25.6 Å². The van der Waals surface area contributed by atoms with Crippen LogP contribution in [0.25, 0.3) is 0 Å². The highest BCUT2D eigenvalue weighted by atomic mass is 32.1. The monoisotopic (exact) mass is 544 g/mol. The summed E-state index contributed by atoms with van der Waals surface area (Å²) in [5, 5.41) is 31.6. The van der Waals surface area contributed by atoms with Crippen molar-refractivity contribution in [3.63, 3.8) is 0 Å². The molecule has 204 valence electrons. The summed E-state index contributed by atoms with van der Waals surface area (Å²) in [7, 11) is 0. The first-order valence-electron chi connectivity index (χ1n) is 12.0. The fourth-order valence-corrected chi connectivity index (χ4v) is 4.61. The molecule has 1 aromatic heterocycles. The predicted molar refractivity (Wildman–Crippen MR) is 144 cm³/mol. The molecule has 0 fully saturated rings. The number of nitrogens with two attached hydrogens (primary N) is 1. The van der Waals surface area contributed by atoms with Crippen molar-refractivity contribution in [3.8, 4) is 0 Å². The largest absolute Gasteiger partial charge is 0.480 e. The zero-order valence-corrected chi connectivity index (χ0v) is 21.6. The van der Waals surface area contributed by atoms with Crippen LogP contribution in [0.15, 0.2) is 42.5 Å². The normalized spacial score (nSPS) is 17.6. The lowest BCUT2D eigenvalue weighted by atomic mass is 10.0. The van der Waals surface area contributed by atoms with Crippen LogP contribution in [0.4, 0.5) is 5.69 Å². The Kier molecular flexibility index (Phi) is 10.5. The van der Waals surface area contributed by atoms with Crippen molar-refractivity contribution in [2.75, 3.05) is 44.6 Å². The van der Waals surface area contributed by atoms with Gasteiger partial charge in [0.25, 0.3) is 0 Å². The summed E-state index contributed by atoms with van der Waals surface area (Å²) in [6.07, 6.45) is 0.440. The van der Waals surface area contributed by atoms with Gasteiger partial charge in [0.05, 0.1) is 31.0 Å². The molecule has 0 spiro atoms. The molecule has 2 aromatic rings. The van der Waals surface area contributed by atoms with Crippen LogP contribution in [0.2, 0.25) is 0 Å². The molecule has 38 heavy (non-hydrogen) atoms. The SMILES string of the molecule is NC(=S)Nc1ccc(CC2CN(CC(=O)O)CCN(CC(=O)O)Cc3cccc(n3)CN2CC(=O)O)cc1. The second kappa shape index (κ2) is 13.8. The molecule has 1 atom stereocenters. The Hall–Kier alpha value is -3.65. The lowest BCUT2D eigenvalue weighted by molar-refractivity contribution is -0.141. The second-order valence-electron chi connectivity index (χ2n) is 9.20. The zero-order chi connectivity index (χ0) is 27.7. The van der Waals surface area contributed by atoms with Crippen molar-refractivity contribution < 1.29 is 29.7 Å². The summed E-state index contributed by atoms with van der Waals surface area (Å²) in [4.78, 5) is 44.9. The van der Waals surface area contributed by atoms with Crippen molar-refractivity contribution in [1.82, 2.24) is 19.7 Å². The molecule has 0 radical (unpaired) electrons. The van der Waals surface area contributed by atoms with Crippen LogP contribution < -0.4 is 11.1 Å². The molecular formula is C25H32N6O6S. The fourth-order valence-electron chi connectivity index (χ4n) is 4.49. The van der Waals surface area contributed by atoms with Gasteiger partial charge in [0.1, 0.15) is 0 Å².